The Morgan fingerprint density at radius 1 is 1.25 bits per heavy atom. The molecule has 2 N–H and O–H groups in total. The molecule has 1 aromatic rings. The van der Waals surface area contributed by atoms with Crippen molar-refractivity contribution < 1.29 is 14.7 Å². The first-order valence-corrected chi connectivity index (χ1v) is 6.82. The minimum Gasteiger partial charge on any atom is -0.481 e. The van der Waals surface area contributed by atoms with Gasteiger partial charge in [-0.1, -0.05) is 44.5 Å². The van der Waals surface area contributed by atoms with Gasteiger partial charge in [-0.05, 0) is 23.1 Å². The summed E-state index contributed by atoms with van der Waals surface area (Å²) in [5, 5.41) is 12.3. The predicted molar refractivity (Wildman–Crippen MR) is 78.7 cm³/mol. The standard InChI is InChI=1S/C15H20ClNO3/c1-15(2,3)9-13(18)17-12(8-14(19)20)10-4-6-11(16)7-5-10/h4-7,12H,8-9H2,1-3H3,(H,17,18)(H,19,20)/t12-/m0/s1. The Hall–Kier alpha value is -1.55. The number of aliphatic carboxylic acids is 1. The molecule has 1 atom stereocenters. The number of carbonyl (C=O) groups is 2. The van der Waals surface area contributed by atoms with Crippen molar-refractivity contribution in [2.45, 2.75) is 39.7 Å². The SMILES string of the molecule is CC(C)(C)CC(=O)N[C@@H](CC(=O)O)c1ccc(Cl)cc1. The van der Waals surface area contributed by atoms with Gasteiger partial charge >= 0.3 is 5.97 Å². The Labute approximate surface area is 124 Å². The number of nitrogens with one attached hydrogen (secondary N) is 1. The minimum absolute atomic E-state index is 0.141. The van der Waals surface area contributed by atoms with E-state index in [9.17, 15) is 9.59 Å². The maximum atomic E-state index is 12.0. The van der Waals surface area contributed by atoms with Gasteiger partial charge in [0.05, 0.1) is 12.5 Å². The summed E-state index contributed by atoms with van der Waals surface area (Å²) in [5.41, 5.74) is 0.594. The highest BCUT2D eigenvalue weighted by molar-refractivity contribution is 6.30. The van der Waals surface area contributed by atoms with Gasteiger partial charge in [0.1, 0.15) is 0 Å². The zero-order valence-corrected chi connectivity index (χ0v) is 12.7. The highest BCUT2D eigenvalue weighted by atomic mass is 35.5. The smallest absolute Gasteiger partial charge is 0.305 e. The first-order chi connectivity index (χ1) is 9.17. The monoisotopic (exact) mass is 297 g/mol. The predicted octanol–water partition coefficient (Wildman–Crippen LogP) is 3.41. The second-order valence-electron chi connectivity index (χ2n) is 6.01. The van der Waals surface area contributed by atoms with E-state index in [-0.39, 0.29) is 17.7 Å². The van der Waals surface area contributed by atoms with E-state index < -0.39 is 12.0 Å². The van der Waals surface area contributed by atoms with E-state index in [1.54, 1.807) is 24.3 Å². The maximum absolute atomic E-state index is 12.0. The lowest BCUT2D eigenvalue weighted by molar-refractivity contribution is -0.137. The molecule has 0 aliphatic rings. The fourth-order valence-corrected chi connectivity index (χ4v) is 1.97. The summed E-state index contributed by atoms with van der Waals surface area (Å²) in [5.74, 6) is -1.11. The summed E-state index contributed by atoms with van der Waals surface area (Å²) in [7, 11) is 0. The summed E-state index contributed by atoms with van der Waals surface area (Å²) in [6.07, 6.45) is 0.189. The second kappa shape index (κ2) is 6.75. The van der Waals surface area contributed by atoms with Gasteiger partial charge in [-0.2, -0.15) is 0 Å². The third kappa shape index (κ3) is 6.06. The number of hydrogen-bond acceptors (Lipinski definition) is 2. The fourth-order valence-electron chi connectivity index (χ4n) is 1.85. The molecule has 110 valence electrons. The van der Waals surface area contributed by atoms with Gasteiger partial charge in [0, 0.05) is 11.4 Å². The number of rotatable bonds is 5. The Bertz CT molecular complexity index is 477. The van der Waals surface area contributed by atoms with Gasteiger partial charge in [-0.3, -0.25) is 9.59 Å². The van der Waals surface area contributed by atoms with Crippen molar-refractivity contribution in [2.24, 2.45) is 5.41 Å². The number of carboxylic acid groups (broad SMARTS) is 1. The van der Waals surface area contributed by atoms with Crippen LogP contribution in [0.4, 0.5) is 0 Å². The number of carbonyl (C=O) groups excluding carboxylic acids is 1. The van der Waals surface area contributed by atoms with Crippen LogP contribution in [0.25, 0.3) is 0 Å². The molecule has 20 heavy (non-hydrogen) atoms. The van der Waals surface area contributed by atoms with Crippen LogP contribution in [0.2, 0.25) is 5.02 Å². The van der Waals surface area contributed by atoms with Crippen LogP contribution in [0.3, 0.4) is 0 Å². The van der Waals surface area contributed by atoms with Gasteiger partial charge in [0.25, 0.3) is 0 Å². The molecule has 0 saturated carbocycles. The molecule has 0 radical (unpaired) electrons. The van der Waals surface area contributed by atoms with Crippen molar-refractivity contribution in [3.8, 4) is 0 Å². The number of hydrogen-bond donors (Lipinski definition) is 2. The zero-order valence-electron chi connectivity index (χ0n) is 11.9. The molecule has 0 aromatic heterocycles. The van der Waals surface area contributed by atoms with Crippen LogP contribution in [-0.4, -0.2) is 17.0 Å². The fraction of sp³-hybridized carbons (Fsp3) is 0.467. The van der Waals surface area contributed by atoms with Crippen molar-refractivity contribution in [1.29, 1.82) is 0 Å². The Morgan fingerprint density at radius 2 is 1.80 bits per heavy atom. The molecule has 0 fully saturated rings. The number of carboxylic acids is 1. The van der Waals surface area contributed by atoms with Gasteiger partial charge in [0.2, 0.25) is 5.91 Å². The second-order valence-corrected chi connectivity index (χ2v) is 6.44. The lowest BCUT2D eigenvalue weighted by Gasteiger charge is -2.22. The first-order valence-electron chi connectivity index (χ1n) is 6.44. The van der Waals surface area contributed by atoms with E-state index in [0.29, 0.717) is 11.4 Å². The number of halogens is 1. The van der Waals surface area contributed by atoms with E-state index in [1.807, 2.05) is 20.8 Å². The van der Waals surface area contributed by atoms with Crippen LogP contribution in [0.5, 0.6) is 0 Å². The Kier molecular flexibility index (Phi) is 5.57. The van der Waals surface area contributed by atoms with Crippen LogP contribution in [0, 0.1) is 5.41 Å². The number of benzene rings is 1. The van der Waals surface area contributed by atoms with Crippen LogP contribution < -0.4 is 5.32 Å². The zero-order chi connectivity index (χ0) is 15.3. The van der Waals surface area contributed by atoms with Gasteiger partial charge in [0.15, 0.2) is 0 Å². The van der Waals surface area contributed by atoms with Gasteiger partial charge in [-0.15, -0.1) is 0 Å². The highest BCUT2D eigenvalue weighted by Gasteiger charge is 2.21. The molecule has 1 rings (SSSR count). The van der Waals surface area contributed by atoms with E-state index >= 15 is 0 Å². The summed E-state index contributed by atoms with van der Waals surface area (Å²) in [4.78, 5) is 22.9. The molecule has 1 amide bonds. The minimum atomic E-state index is -0.957. The van der Waals surface area contributed by atoms with E-state index in [2.05, 4.69) is 5.32 Å². The molecule has 0 aliphatic carbocycles. The maximum Gasteiger partial charge on any atom is 0.305 e. The molecule has 4 nitrogen and oxygen atoms in total. The molecule has 0 heterocycles. The summed E-state index contributed by atoms with van der Waals surface area (Å²) < 4.78 is 0. The van der Waals surface area contributed by atoms with Gasteiger partial charge < -0.3 is 10.4 Å². The molecular formula is C15H20ClNO3. The Morgan fingerprint density at radius 3 is 2.25 bits per heavy atom. The molecule has 0 saturated heterocycles. The largest absolute Gasteiger partial charge is 0.481 e. The van der Waals surface area contributed by atoms with Crippen LogP contribution in [0.1, 0.15) is 45.2 Å². The van der Waals surface area contributed by atoms with E-state index in [0.717, 1.165) is 5.56 Å². The highest BCUT2D eigenvalue weighted by Crippen LogP contribution is 2.22. The average molecular weight is 298 g/mol. The molecule has 5 heteroatoms. The third-order valence-electron chi connectivity index (χ3n) is 2.68. The first kappa shape index (κ1) is 16.5. The molecule has 0 spiro atoms. The normalized spacial score (nSPS) is 12.8. The molecule has 0 bridgehead atoms. The Balaban J connectivity index is 2.82. The lowest BCUT2D eigenvalue weighted by Crippen LogP contribution is -2.32. The van der Waals surface area contributed by atoms with Crippen LogP contribution in [0.15, 0.2) is 24.3 Å². The molecule has 1 aromatic carbocycles. The van der Waals surface area contributed by atoms with Crippen molar-refractivity contribution in [3.05, 3.63) is 34.9 Å². The van der Waals surface area contributed by atoms with Crippen molar-refractivity contribution in [3.63, 3.8) is 0 Å². The van der Waals surface area contributed by atoms with Gasteiger partial charge in [-0.25, -0.2) is 0 Å². The van der Waals surface area contributed by atoms with Crippen LogP contribution >= 0.6 is 11.6 Å². The van der Waals surface area contributed by atoms with E-state index in [1.165, 1.54) is 0 Å². The quantitative estimate of drug-likeness (QED) is 0.875. The summed E-state index contributed by atoms with van der Waals surface area (Å²) in [6, 6.07) is 6.28. The van der Waals surface area contributed by atoms with Crippen molar-refractivity contribution in [2.75, 3.05) is 0 Å². The summed E-state index contributed by atoms with van der Waals surface area (Å²) in [6.45, 7) is 5.88. The lowest BCUT2D eigenvalue weighted by atomic mass is 9.91. The summed E-state index contributed by atoms with van der Waals surface area (Å²) >= 11 is 5.81. The van der Waals surface area contributed by atoms with Crippen molar-refractivity contribution in [1.82, 2.24) is 5.32 Å². The molecule has 0 aliphatic heterocycles. The van der Waals surface area contributed by atoms with E-state index in [4.69, 9.17) is 16.7 Å². The topological polar surface area (TPSA) is 66.4 Å². The number of amides is 1. The molecular weight excluding hydrogens is 278 g/mol. The average Bonchev–Trinajstić information content (AvgIpc) is 2.25. The third-order valence-corrected chi connectivity index (χ3v) is 2.93. The molecule has 0 unspecified atom stereocenters. The van der Waals surface area contributed by atoms with Crippen LogP contribution in [-0.2, 0) is 9.59 Å². The van der Waals surface area contributed by atoms with Crippen molar-refractivity contribution >= 4 is 23.5 Å².